The smallest absolute Gasteiger partial charge is 0.211 e. The molecule has 0 radical (unpaired) electrons. The molecule has 1 aliphatic rings. The van der Waals surface area contributed by atoms with Gasteiger partial charge in [-0.2, -0.15) is 0 Å². The summed E-state index contributed by atoms with van der Waals surface area (Å²) in [4.78, 5) is 0. The van der Waals surface area contributed by atoms with E-state index in [1.54, 1.807) is 0 Å². The van der Waals surface area contributed by atoms with Crippen LogP contribution in [0.4, 0.5) is 0 Å². The monoisotopic (exact) mass is 343 g/mol. The molecule has 130 valence electrons. The van der Waals surface area contributed by atoms with Crippen LogP contribution in [0.2, 0.25) is 0 Å². The highest BCUT2D eigenvalue weighted by Gasteiger charge is 2.32. The fraction of sp³-hybridized carbons (Fsp3) is 0.625. The summed E-state index contributed by atoms with van der Waals surface area (Å²) in [5, 5.41) is 0. The van der Waals surface area contributed by atoms with Crippen molar-refractivity contribution in [2.45, 2.75) is 32.3 Å². The van der Waals surface area contributed by atoms with Crippen LogP contribution in [0.25, 0.3) is 0 Å². The molecule has 0 aliphatic carbocycles. The summed E-state index contributed by atoms with van der Waals surface area (Å²) < 4.78 is 42.4. The Morgan fingerprint density at radius 2 is 2.09 bits per heavy atom. The number of benzene rings is 1. The van der Waals surface area contributed by atoms with Crippen LogP contribution in [0.1, 0.15) is 25.8 Å². The third kappa shape index (κ3) is 5.37. The number of sulfonamides is 1. The van der Waals surface area contributed by atoms with Gasteiger partial charge < -0.3 is 14.2 Å². The summed E-state index contributed by atoms with van der Waals surface area (Å²) in [7, 11) is -1.75. The van der Waals surface area contributed by atoms with Crippen molar-refractivity contribution in [3.8, 4) is 11.5 Å². The molecule has 0 saturated carbocycles. The van der Waals surface area contributed by atoms with Gasteiger partial charge in [-0.15, -0.1) is 0 Å². The van der Waals surface area contributed by atoms with Crippen LogP contribution in [0.15, 0.2) is 18.2 Å². The Kier molecular flexibility index (Phi) is 5.89. The van der Waals surface area contributed by atoms with Gasteiger partial charge in [0.25, 0.3) is 0 Å². The molecule has 6 nitrogen and oxygen atoms in total. The maximum absolute atomic E-state index is 11.7. The van der Waals surface area contributed by atoms with Gasteiger partial charge in [0, 0.05) is 25.6 Å². The Balaban J connectivity index is 1.81. The quantitative estimate of drug-likeness (QED) is 0.691. The first kappa shape index (κ1) is 18.0. The van der Waals surface area contributed by atoms with E-state index >= 15 is 0 Å². The first-order valence-corrected chi connectivity index (χ1v) is 9.38. The topological polar surface area (TPSA) is 73.9 Å². The number of rotatable bonds is 9. The Hall–Kier alpha value is -1.31. The van der Waals surface area contributed by atoms with Crippen molar-refractivity contribution in [1.29, 1.82) is 0 Å². The number of nitrogens with one attached hydrogen (secondary N) is 1. The first-order chi connectivity index (χ1) is 10.8. The SMILES string of the molecule is COCCNS(=O)(=O)CCCOc1cccc2c1OC(C)(C)C2. The lowest BCUT2D eigenvalue weighted by atomic mass is 10.0. The Labute approximate surface area is 138 Å². The highest BCUT2D eigenvalue weighted by molar-refractivity contribution is 7.89. The van der Waals surface area contributed by atoms with E-state index in [0.29, 0.717) is 25.4 Å². The number of ether oxygens (including phenoxy) is 3. The minimum Gasteiger partial charge on any atom is -0.490 e. The van der Waals surface area contributed by atoms with Crippen LogP contribution >= 0.6 is 0 Å². The van der Waals surface area contributed by atoms with Gasteiger partial charge in [-0.1, -0.05) is 12.1 Å². The third-order valence-corrected chi connectivity index (χ3v) is 4.97. The van der Waals surface area contributed by atoms with Gasteiger partial charge in [0.2, 0.25) is 10.0 Å². The van der Waals surface area contributed by atoms with Crippen LogP contribution in [0.3, 0.4) is 0 Å². The Morgan fingerprint density at radius 1 is 1.30 bits per heavy atom. The molecule has 0 atom stereocenters. The zero-order valence-corrected chi connectivity index (χ0v) is 14.7. The summed E-state index contributed by atoms with van der Waals surface area (Å²) >= 11 is 0. The number of para-hydroxylation sites is 1. The summed E-state index contributed by atoms with van der Waals surface area (Å²) in [6.45, 7) is 5.04. The Bertz CT molecular complexity index is 627. The van der Waals surface area contributed by atoms with E-state index in [9.17, 15) is 8.42 Å². The van der Waals surface area contributed by atoms with Gasteiger partial charge in [-0.25, -0.2) is 13.1 Å². The van der Waals surface area contributed by atoms with Gasteiger partial charge in [-0.3, -0.25) is 0 Å². The summed E-state index contributed by atoms with van der Waals surface area (Å²) in [6, 6.07) is 5.81. The van der Waals surface area contributed by atoms with Crippen molar-refractivity contribution < 1.29 is 22.6 Å². The molecule has 1 aromatic carbocycles. The first-order valence-electron chi connectivity index (χ1n) is 7.73. The second-order valence-corrected chi connectivity index (χ2v) is 8.12. The molecule has 0 spiro atoms. The molecule has 0 fully saturated rings. The fourth-order valence-electron chi connectivity index (χ4n) is 2.50. The van der Waals surface area contributed by atoms with Crippen molar-refractivity contribution in [3.63, 3.8) is 0 Å². The zero-order chi connectivity index (χ0) is 16.9. The molecule has 0 saturated heterocycles. The summed E-state index contributed by atoms with van der Waals surface area (Å²) in [5.74, 6) is 1.48. The van der Waals surface area contributed by atoms with E-state index in [2.05, 4.69) is 4.72 Å². The maximum Gasteiger partial charge on any atom is 0.211 e. The minimum atomic E-state index is -3.28. The summed E-state index contributed by atoms with van der Waals surface area (Å²) in [5.41, 5.74) is 0.900. The van der Waals surface area contributed by atoms with E-state index in [1.165, 1.54) is 7.11 Å². The number of hydrogen-bond acceptors (Lipinski definition) is 5. The second-order valence-electron chi connectivity index (χ2n) is 6.19. The third-order valence-electron chi connectivity index (χ3n) is 3.50. The van der Waals surface area contributed by atoms with Crippen LogP contribution in [0.5, 0.6) is 11.5 Å². The highest BCUT2D eigenvalue weighted by atomic mass is 32.2. The van der Waals surface area contributed by atoms with E-state index < -0.39 is 10.0 Å². The molecule has 0 aromatic heterocycles. The largest absolute Gasteiger partial charge is 0.490 e. The molecular formula is C16H25NO5S. The van der Waals surface area contributed by atoms with Crippen LogP contribution < -0.4 is 14.2 Å². The molecular weight excluding hydrogens is 318 g/mol. The van der Waals surface area contributed by atoms with E-state index in [0.717, 1.165) is 17.7 Å². The number of hydrogen-bond donors (Lipinski definition) is 1. The van der Waals surface area contributed by atoms with E-state index in [4.69, 9.17) is 14.2 Å². The molecule has 1 aromatic rings. The van der Waals surface area contributed by atoms with Crippen molar-refractivity contribution in [2.24, 2.45) is 0 Å². The summed E-state index contributed by atoms with van der Waals surface area (Å²) in [6.07, 6.45) is 1.26. The molecule has 1 heterocycles. The normalized spacial score (nSPS) is 16.0. The van der Waals surface area contributed by atoms with Crippen molar-refractivity contribution >= 4 is 10.0 Å². The molecule has 2 rings (SSSR count). The molecule has 0 bridgehead atoms. The van der Waals surface area contributed by atoms with Crippen LogP contribution in [0, 0.1) is 0 Å². The lowest BCUT2D eigenvalue weighted by Gasteiger charge is -2.18. The molecule has 7 heteroatoms. The predicted molar refractivity (Wildman–Crippen MR) is 88.6 cm³/mol. The molecule has 1 aliphatic heterocycles. The fourth-order valence-corrected chi connectivity index (χ4v) is 3.54. The van der Waals surface area contributed by atoms with Crippen LogP contribution in [-0.4, -0.2) is 46.6 Å². The predicted octanol–water partition coefficient (Wildman–Crippen LogP) is 1.73. The molecule has 23 heavy (non-hydrogen) atoms. The molecule has 0 amide bonds. The molecule has 0 unspecified atom stereocenters. The van der Waals surface area contributed by atoms with E-state index in [1.807, 2.05) is 32.0 Å². The second kappa shape index (κ2) is 7.51. The number of methoxy groups -OCH3 is 1. The lowest BCUT2D eigenvalue weighted by molar-refractivity contribution is 0.132. The van der Waals surface area contributed by atoms with Crippen LogP contribution in [-0.2, 0) is 21.2 Å². The minimum absolute atomic E-state index is 0.0259. The Morgan fingerprint density at radius 3 is 2.83 bits per heavy atom. The van der Waals surface area contributed by atoms with Gasteiger partial charge in [-0.05, 0) is 26.3 Å². The average Bonchev–Trinajstić information content (AvgIpc) is 2.78. The molecule has 1 N–H and O–H groups in total. The highest BCUT2D eigenvalue weighted by Crippen LogP contribution is 2.41. The van der Waals surface area contributed by atoms with Gasteiger partial charge >= 0.3 is 0 Å². The van der Waals surface area contributed by atoms with E-state index in [-0.39, 0.29) is 17.9 Å². The van der Waals surface area contributed by atoms with Gasteiger partial charge in [0.05, 0.1) is 19.0 Å². The van der Waals surface area contributed by atoms with Gasteiger partial charge in [0.1, 0.15) is 5.60 Å². The van der Waals surface area contributed by atoms with Crippen molar-refractivity contribution in [3.05, 3.63) is 23.8 Å². The standard InChI is InChI=1S/C16H25NO5S/c1-16(2)12-13-6-4-7-14(15(13)22-16)21-9-5-11-23(18,19)17-8-10-20-3/h4,6-7,17H,5,8-12H2,1-3H3. The zero-order valence-electron chi connectivity index (χ0n) is 13.9. The van der Waals surface area contributed by atoms with Gasteiger partial charge in [0.15, 0.2) is 11.5 Å². The lowest BCUT2D eigenvalue weighted by Crippen LogP contribution is -2.30. The number of fused-ring (bicyclic) bond motifs is 1. The maximum atomic E-state index is 11.7. The van der Waals surface area contributed by atoms with Crippen molar-refractivity contribution in [2.75, 3.05) is 32.6 Å². The van der Waals surface area contributed by atoms with Crippen molar-refractivity contribution in [1.82, 2.24) is 4.72 Å². The average molecular weight is 343 g/mol.